The normalized spacial score (nSPS) is 11.1. The lowest BCUT2D eigenvalue weighted by atomic mass is 10.2. The van der Waals surface area contributed by atoms with Gasteiger partial charge in [0.2, 0.25) is 5.95 Å². The number of rotatable bonds is 5. The van der Waals surface area contributed by atoms with E-state index >= 15 is 0 Å². The van der Waals surface area contributed by atoms with Crippen molar-refractivity contribution in [1.29, 1.82) is 0 Å². The van der Waals surface area contributed by atoms with Gasteiger partial charge in [0.15, 0.2) is 0 Å². The van der Waals surface area contributed by atoms with E-state index in [4.69, 9.17) is 0 Å². The van der Waals surface area contributed by atoms with Gasteiger partial charge in [-0.25, -0.2) is 4.98 Å². The summed E-state index contributed by atoms with van der Waals surface area (Å²) < 4.78 is 3.90. The van der Waals surface area contributed by atoms with Crippen LogP contribution in [0.5, 0.6) is 0 Å². The van der Waals surface area contributed by atoms with E-state index in [9.17, 15) is 0 Å². The van der Waals surface area contributed by atoms with Gasteiger partial charge in [0, 0.05) is 13.1 Å². The highest BCUT2D eigenvalue weighted by Crippen LogP contribution is 2.16. The highest BCUT2D eigenvalue weighted by atomic mass is 15.6. The van der Waals surface area contributed by atoms with Gasteiger partial charge in [-0.2, -0.15) is 4.68 Å². The number of nitrogens with zero attached hydrogens (tertiary/aromatic N) is 6. The molecule has 0 saturated heterocycles. The standard InChI is InChI=1S/C18H19N7/c1-13-7-9-15(10-8-13)25-18(21-22-23-25)19-11-12-24-14(2)20-16-5-3-4-6-17(16)24/h3-10H,11-12H2,1-2H3,(H,19,21,23). The minimum Gasteiger partial charge on any atom is -0.351 e. The quantitative estimate of drug-likeness (QED) is 0.608. The van der Waals surface area contributed by atoms with Gasteiger partial charge in [0.25, 0.3) is 0 Å². The predicted molar refractivity (Wildman–Crippen MR) is 96.9 cm³/mol. The van der Waals surface area contributed by atoms with E-state index in [1.165, 1.54) is 5.56 Å². The molecule has 7 heteroatoms. The molecule has 0 saturated carbocycles. The highest BCUT2D eigenvalue weighted by Gasteiger charge is 2.09. The van der Waals surface area contributed by atoms with Crippen molar-refractivity contribution in [2.75, 3.05) is 11.9 Å². The number of nitrogens with one attached hydrogen (secondary N) is 1. The lowest BCUT2D eigenvalue weighted by Gasteiger charge is -2.09. The molecule has 0 fully saturated rings. The molecule has 4 aromatic rings. The van der Waals surface area contributed by atoms with E-state index in [0.717, 1.165) is 29.1 Å². The van der Waals surface area contributed by atoms with Gasteiger partial charge in [-0.1, -0.05) is 34.9 Å². The van der Waals surface area contributed by atoms with Crippen molar-refractivity contribution >= 4 is 17.0 Å². The second-order valence-electron chi connectivity index (χ2n) is 5.98. The minimum absolute atomic E-state index is 0.630. The summed E-state index contributed by atoms with van der Waals surface area (Å²) in [6.07, 6.45) is 0. The van der Waals surface area contributed by atoms with Gasteiger partial charge in [0.05, 0.1) is 16.7 Å². The third-order valence-corrected chi connectivity index (χ3v) is 4.21. The summed E-state index contributed by atoms with van der Waals surface area (Å²) in [5.41, 5.74) is 4.29. The molecule has 0 aliphatic rings. The zero-order chi connectivity index (χ0) is 17.2. The molecule has 1 N–H and O–H groups in total. The zero-order valence-corrected chi connectivity index (χ0v) is 14.2. The van der Waals surface area contributed by atoms with Crippen molar-refractivity contribution in [3.8, 4) is 5.69 Å². The molecule has 0 spiro atoms. The topological polar surface area (TPSA) is 73.5 Å². The van der Waals surface area contributed by atoms with Gasteiger partial charge < -0.3 is 9.88 Å². The van der Waals surface area contributed by atoms with E-state index in [-0.39, 0.29) is 0 Å². The van der Waals surface area contributed by atoms with Crippen molar-refractivity contribution in [2.24, 2.45) is 0 Å². The fourth-order valence-corrected chi connectivity index (χ4v) is 2.91. The van der Waals surface area contributed by atoms with Crippen LogP contribution in [0, 0.1) is 13.8 Å². The SMILES string of the molecule is Cc1ccc(-n2nnnc2NCCn2c(C)nc3ccccc32)cc1. The number of aryl methyl sites for hydroxylation is 2. The average Bonchev–Trinajstić information content (AvgIpc) is 3.20. The number of anilines is 1. The first kappa shape index (κ1) is 15.3. The van der Waals surface area contributed by atoms with Gasteiger partial charge in [-0.05, 0) is 48.5 Å². The molecule has 0 amide bonds. The Morgan fingerprint density at radius 1 is 1.00 bits per heavy atom. The van der Waals surface area contributed by atoms with Crippen LogP contribution in [-0.4, -0.2) is 36.3 Å². The summed E-state index contributed by atoms with van der Waals surface area (Å²) in [5.74, 6) is 1.63. The lowest BCUT2D eigenvalue weighted by molar-refractivity contribution is 0.714. The van der Waals surface area contributed by atoms with Crippen LogP contribution in [0.15, 0.2) is 48.5 Å². The van der Waals surface area contributed by atoms with Gasteiger partial charge >= 0.3 is 0 Å². The summed E-state index contributed by atoms with van der Waals surface area (Å²) >= 11 is 0. The number of hydrogen-bond acceptors (Lipinski definition) is 5. The zero-order valence-electron chi connectivity index (χ0n) is 14.2. The van der Waals surface area contributed by atoms with E-state index in [1.807, 2.05) is 49.4 Å². The molecule has 0 atom stereocenters. The molecule has 126 valence electrons. The molecule has 25 heavy (non-hydrogen) atoms. The molecule has 7 nitrogen and oxygen atoms in total. The smallest absolute Gasteiger partial charge is 0.247 e. The first-order chi connectivity index (χ1) is 12.2. The Balaban J connectivity index is 1.50. The molecule has 4 rings (SSSR count). The summed E-state index contributed by atoms with van der Waals surface area (Å²) in [7, 11) is 0. The second kappa shape index (κ2) is 6.35. The number of benzene rings is 2. The van der Waals surface area contributed by atoms with Crippen LogP contribution in [0.25, 0.3) is 16.7 Å². The predicted octanol–water partition coefficient (Wildman–Crippen LogP) is 2.74. The Labute approximate surface area is 145 Å². The number of hydrogen-bond donors (Lipinski definition) is 1. The fourth-order valence-electron chi connectivity index (χ4n) is 2.91. The second-order valence-corrected chi connectivity index (χ2v) is 5.98. The first-order valence-electron chi connectivity index (χ1n) is 8.23. The summed E-state index contributed by atoms with van der Waals surface area (Å²) in [5, 5.41) is 15.3. The molecular weight excluding hydrogens is 314 g/mol. The Morgan fingerprint density at radius 3 is 2.64 bits per heavy atom. The largest absolute Gasteiger partial charge is 0.351 e. The summed E-state index contributed by atoms with van der Waals surface area (Å²) in [6.45, 7) is 5.57. The van der Waals surface area contributed by atoms with Gasteiger partial charge in [0.1, 0.15) is 5.82 Å². The van der Waals surface area contributed by atoms with Crippen LogP contribution < -0.4 is 5.32 Å². The molecule has 0 aliphatic heterocycles. The number of aromatic nitrogens is 6. The van der Waals surface area contributed by atoms with Crippen LogP contribution >= 0.6 is 0 Å². The Hall–Kier alpha value is -3.22. The van der Waals surface area contributed by atoms with Crippen molar-refractivity contribution in [1.82, 2.24) is 29.8 Å². The molecule has 0 radical (unpaired) electrons. The lowest BCUT2D eigenvalue weighted by Crippen LogP contribution is -2.14. The maximum atomic E-state index is 4.59. The van der Waals surface area contributed by atoms with Crippen molar-refractivity contribution in [3.05, 3.63) is 59.9 Å². The molecule has 2 heterocycles. The highest BCUT2D eigenvalue weighted by molar-refractivity contribution is 5.75. The molecular formula is C18H19N7. The number of tetrazole rings is 1. The number of fused-ring (bicyclic) bond motifs is 1. The van der Waals surface area contributed by atoms with E-state index < -0.39 is 0 Å². The number of imidazole rings is 1. The Bertz CT molecular complexity index is 998. The van der Waals surface area contributed by atoms with Crippen molar-refractivity contribution in [3.63, 3.8) is 0 Å². The third kappa shape index (κ3) is 2.96. The van der Waals surface area contributed by atoms with Crippen molar-refractivity contribution < 1.29 is 0 Å². The van der Waals surface area contributed by atoms with Gasteiger partial charge in [-0.3, -0.25) is 0 Å². The average molecular weight is 333 g/mol. The maximum absolute atomic E-state index is 4.59. The van der Waals surface area contributed by atoms with Crippen LogP contribution in [0.1, 0.15) is 11.4 Å². The molecule has 2 aromatic heterocycles. The number of para-hydroxylation sites is 2. The van der Waals surface area contributed by atoms with Crippen molar-refractivity contribution in [2.45, 2.75) is 20.4 Å². The van der Waals surface area contributed by atoms with E-state index in [0.29, 0.717) is 12.5 Å². The van der Waals surface area contributed by atoms with Crippen LogP contribution in [0.4, 0.5) is 5.95 Å². The molecule has 0 unspecified atom stereocenters. The first-order valence-corrected chi connectivity index (χ1v) is 8.23. The van der Waals surface area contributed by atoms with E-state index in [2.05, 4.69) is 43.4 Å². The fraction of sp³-hybridized carbons (Fsp3) is 0.222. The molecule has 2 aromatic carbocycles. The molecule has 0 bridgehead atoms. The van der Waals surface area contributed by atoms with Crippen LogP contribution in [-0.2, 0) is 6.54 Å². The minimum atomic E-state index is 0.630. The maximum Gasteiger partial charge on any atom is 0.247 e. The van der Waals surface area contributed by atoms with Gasteiger partial charge in [-0.15, -0.1) is 0 Å². The Morgan fingerprint density at radius 2 is 1.80 bits per heavy atom. The monoisotopic (exact) mass is 333 g/mol. The summed E-state index contributed by atoms with van der Waals surface area (Å²) in [4.78, 5) is 4.59. The van der Waals surface area contributed by atoms with E-state index in [1.54, 1.807) is 4.68 Å². The van der Waals surface area contributed by atoms with Crippen LogP contribution in [0.3, 0.4) is 0 Å². The summed E-state index contributed by atoms with van der Waals surface area (Å²) in [6, 6.07) is 16.3. The van der Waals surface area contributed by atoms with Crippen LogP contribution in [0.2, 0.25) is 0 Å². The Kier molecular flexibility index (Phi) is 3.89. The molecule has 0 aliphatic carbocycles. The third-order valence-electron chi connectivity index (χ3n) is 4.21.